The quantitative estimate of drug-likeness (QED) is 0.796. The van der Waals surface area contributed by atoms with Crippen molar-refractivity contribution in [1.82, 2.24) is 9.78 Å². The molecule has 0 aliphatic rings. The van der Waals surface area contributed by atoms with Crippen LogP contribution in [0.15, 0.2) is 36.7 Å². The first-order chi connectivity index (χ1) is 7.47. The number of aromatic hydroxyl groups is 1. The summed E-state index contributed by atoms with van der Waals surface area (Å²) < 4.78 is 1.78. The van der Waals surface area contributed by atoms with Crippen molar-refractivity contribution < 1.29 is 5.11 Å². The lowest BCUT2D eigenvalue weighted by Crippen LogP contribution is -2.09. The Morgan fingerprint density at radius 2 is 2.00 bits per heavy atom. The molecule has 0 fully saturated rings. The second-order valence-corrected chi connectivity index (χ2v) is 4.94. The Hall–Kier alpha value is -1.77. The first-order valence-electron chi connectivity index (χ1n) is 5.31. The van der Waals surface area contributed by atoms with Gasteiger partial charge < -0.3 is 5.11 Å². The van der Waals surface area contributed by atoms with E-state index in [-0.39, 0.29) is 11.2 Å². The molecule has 3 nitrogen and oxygen atoms in total. The predicted molar refractivity (Wildman–Crippen MR) is 63.9 cm³/mol. The van der Waals surface area contributed by atoms with Crippen molar-refractivity contribution >= 4 is 0 Å². The minimum atomic E-state index is 0.0923. The lowest BCUT2D eigenvalue weighted by Gasteiger charge is -2.14. The highest BCUT2D eigenvalue weighted by molar-refractivity contribution is 5.38. The largest absolute Gasteiger partial charge is 0.508 e. The zero-order valence-corrected chi connectivity index (χ0v) is 9.81. The van der Waals surface area contributed by atoms with E-state index in [1.54, 1.807) is 16.8 Å². The molecule has 84 valence electrons. The summed E-state index contributed by atoms with van der Waals surface area (Å²) in [5.74, 6) is 0.255. The van der Waals surface area contributed by atoms with Gasteiger partial charge in [0.1, 0.15) is 5.75 Å². The molecule has 0 saturated carbocycles. The average molecular weight is 216 g/mol. The molecule has 16 heavy (non-hydrogen) atoms. The number of aromatic nitrogens is 2. The van der Waals surface area contributed by atoms with Crippen molar-refractivity contribution in [3.63, 3.8) is 0 Å². The van der Waals surface area contributed by atoms with Crippen LogP contribution in [-0.4, -0.2) is 14.9 Å². The maximum absolute atomic E-state index is 9.40. The third-order valence-corrected chi connectivity index (χ3v) is 2.54. The number of rotatable bonds is 1. The molecule has 0 aliphatic carbocycles. The number of phenolic OH excluding ortho intramolecular Hbond substituents is 1. The zero-order chi connectivity index (χ0) is 11.8. The molecule has 0 radical (unpaired) electrons. The molecule has 0 saturated heterocycles. The van der Waals surface area contributed by atoms with Gasteiger partial charge in [-0.3, -0.25) is 0 Å². The van der Waals surface area contributed by atoms with Crippen molar-refractivity contribution in [3.05, 3.63) is 42.2 Å². The molecule has 3 heteroatoms. The van der Waals surface area contributed by atoms with Gasteiger partial charge in [0, 0.05) is 12.3 Å². The molecular formula is C13H16N2O. The van der Waals surface area contributed by atoms with Gasteiger partial charge in [0.05, 0.1) is 11.9 Å². The van der Waals surface area contributed by atoms with Gasteiger partial charge in [0.2, 0.25) is 0 Å². The van der Waals surface area contributed by atoms with E-state index >= 15 is 0 Å². The van der Waals surface area contributed by atoms with Gasteiger partial charge in [0.25, 0.3) is 0 Å². The van der Waals surface area contributed by atoms with Gasteiger partial charge >= 0.3 is 0 Å². The van der Waals surface area contributed by atoms with E-state index < -0.39 is 0 Å². The van der Waals surface area contributed by atoms with Gasteiger partial charge in [0.15, 0.2) is 0 Å². The van der Waals surface area contributed by atoms with Crippen LogP contribution in [0.4, 0.5) is 0 Å². The predicted octanol–water partition coefficient (Wildman–Crippen LogP) is 2.88. The van der Waals surface area contributed by atoms with Crippen molar-refractivity contribution in [3.8, 4) is 11.4 Å². The zero-order valence-electron chi connectivity index (χ0n) is 9.81. The Kier molecular flexibility index (Phi) is 2.46. The minimum absolute atomic E-state index is 0.0923. The van der Waals surface area contributed by atoms with Crippen LogP contribution in [0.3, 0.4) is 0 Å². The molecule has 2 rings (SSSR count). The number of phenols is 1. The summed E-state index contributed by atoms with van der Waals surface area (Å²) in [5, 5.41) is 13.7. The fraction of sp³-hybridized carbons (Fsp3) is 0.308. The van der Waals surface area contributed by atoms with E-state index in [9.17, 15) is 5.11 Å². The molecule has 2 aromatic rings. The van der Waals surface area contributed by atoms with E-state index in [2.05, 4.69) is 25.9 Å². The van der Waals surface area contributed by atoms with Crippen molar-refractivity contribution in [1.29, 1.82) is 0 Å². The van der Waals surface area contributed by atoms with Gasteiger partial charge in [-0.1, -0.05) is 26.8 Å². The summed E-state index contributed by atoms with van der Waals surface area (Å²) in [6, 6.07) is 7.07. The van der Waals surface area contributed by atoms with Crippen LogP contribution in [0.25, 0.3) is 5.69 Å². The molecule has 0 spiro atoms. The Morgan fingerprint density at radius 1 is 1.25 bits per heavy atom. The van der Waals surface area contributed by atoms with Gasteiger partial charge in [-0.25, -0.2) is 4.68 Å². The van der Waals surface area contributed by atoms with Crippen LogP contribution in [-0.2, 0) is 5.41 Å². The van der Waals surface area contributed by atoms with E-state index in [1.807, 2.05) is 24.5 Å². The summed E-state index contributed by atoms with van der Waals surface area (Å²) in [5.41, 5.74) is 2.14. The standard InChI is InChI=1S/C13H16N2O/c1-13(2,3)10-8-14-15(9-10)11-5-4-6-12(16)7-11/h4-9,16H,1-3H3. The monoisotopic (exact) mass is 216 g/mol. The van der Waals surface area contributed by atoms with Crippen LogP contribution in [0, 0.1) is 0 Å². The summed E-state index contributed by atoms with van der Waals surface area (Å²) in [4.78, 5) is 0. The maximum Gasteiger partial charge on any atom is 0.117 e. The molecule has 0 aliphatic heterocycles. The molecule has 1 aromatic carbocycles. The van der Waals surface area contributed by atoms with Crippen LogP contribution in [0.1, 0.15) is 26.3 Å². The lowest BCUT2D eigenvalue weighted by molar-refractivity contribution is 0.475. The summed E-state index contributed by atoms with van der Waals surface area (Å²) in [6.45, 7) is 6.45. The normalized spacial score (nSPS) is 11.7. The van der Waals surface area contributed by atoms with E-state index in [0.29, 0.717) is 0 Å². The fourth-order valence-corrected chi connectivity index (χ4v) is 1.49. The number of hydrogen-bond acceptors (Lipinski definition) is 2. The Labute approximate surface area is 95.3 Å². The van der Waals surface area contributed by atoms with E-state index in [4.69, 9.17) is 0 Å². The number of hydrogen-bond donors (Lipinski definition) is 1. The smallest absolute Gasteiger partial charge is 0.117 e. The number of benzene rings is 1. The third-order valence-electron chi connectivity index (χ3n) is 2.54. The maximum atomic E-state index is 9.40. The second kappa shape index (κ2) is 3.67. The SMILES string of the molecule is CC(C)(C)c1cnn(-c2cccc(O)c2)c1. The molecule has 1 N–H and O–H groups in total. The molecule has 0 bridgehead atoms. The summed E-state index contributed by atoms with van der Waals surface area (Å²) >= 11 is 0. The first kappa shape index (κ1) is 10.7. The minimum Gasteiger partial charge on any atom is -0.508 e. The highest BCUT2D eigenvalue weighted by Crippen LogP contribution is 2.23. The van der Waals surface area contributed by atoms with Crippen LogP contribution in [0.2, 0.25) is 0 Å². The van der Waals surface area contributed by atoms with Crippen molar-refractivity contribution in [2.45, 2.75) is 26.2 Å². The summed E-state index contributed by atoms with van der Waals surface area (Å²) in [7, 11) is 0. The summed E-state index contributed by atoms with van der Waals surface area (Å²) in [6.07, 6.45) is 3.86. The Balaban J connectivity index is 2.39. The van der Waals surface area contributed by atoms with Crippen LogP contribution in [0.5, 0.6) is 5.75 Å². The molecule has 0 amide bonds. The molecule has 0 unspecified atom stereocenters. The van der Waals surface area contributed by atoms with Crippen molar-refractivity contribution in [2.24, 2.45) is 0 Å². The highest BCUT2D eigenvalue weighted by atomic mass is 16.3. The second-order valence-electron chi connectivity index (χ2n) is 4.94. The molecule has 0 atom stereocenters. The molecular weight excluding hydrogens is 200 g/mol. The van der Waals surface area contributed by atoms with Gasteiger partial charge in [-0.15, -0.1) is 0 Å². The van der Waals surface area contributed by atoms with Gasteiger partial charge in [-0.05, 0) is 23.1 Å². The number of nitrogens with zero attached hydrogens (tertiary/aromatic N) is 2. The van der Waals surface area contributed by atoms with Crippen LogP contribution < -0.4 is 0 Å². The third kappa shape index (κ3) is 2.08. The lowest BCUT2D eigenvalue weighted by atomic mass is 9.90. The molecule has 1 aromatic heterocycles. The first-order valence-corrected chi connectivity index (χ1v) is 5.31. The topological polar surface area (TPSA) is 38.0 Å². The average Bonchev–Trinajstić information content (AvgIpc) is 2.65. The van der Waals surface area contributed by atoms with E-state index in [0.717, 1.165) is 5.69 Å². The molecule has 1 heterocycles. The Bertz CT molecular complexity index is 495. The van der Waals surface area contributed by atoms with Crippen LogP contribution >= 0.6 is 0 Å². The fourth-order valence-electron chi connectivity index (χ4n) is 1.49. The Morgan fingerprint density at radius 3 is 2.56 bits per heavy atom. The van der Waals surface area contributed by atoms with E-state index in [1.165, 1.54) is 5.56 Å². The van der Waals surface area contributed by atoms with Gasteiger partial charge in [-0.2, -0.15) is 5.10 Å². The highest BCUT2D eigenvalue weighted by Gasteiger charge is 2.15. The van der Waals surface area contributed by atoms with Crippen molar-refractivity contribution in [2.75, 3.05) is 0 Å².